The summed E-state index contributed by atoms with van der Waals surface area (Å²) in [5.41, 5.74) is 7.62. The number of nitrogens with two attached hydrogens (primary N) is 1. The van der Waals surface area contributed by atoms with Crippen molar-refractivity contribution in [2.75, 3.05) is 13.7 Å². The zero-order valence-corrected chi connectivity index (χ0v) is 11.6. The number of hydrogen-bond acceptors (Lipinski definition) is 3. The van der Waals surface area contributed by atoms with E-state index in [-0.39, 0.29) is 0 Å². The van der Waals surface area contributed by atoms with Gasteiger partial charge in [0.25, 0.3) is 0 Å². The predicted octanol–water partition coefficient (Wildman–Crippen LogP) is 2.96. The molecule has 1 aliphatic rings. The van der Waals surface area contributed by atoms with E-state index < -0.39 is 0 Å². The van der Waals surface area contributed by atoms with Crippen LogP contribution in [0.4, 0.5) is 0 Å². The zero-order chi connectivity index (χ0) is 13.2. The molecule has 0 spiro atoms. The minimum absolute atomic E-state index is 0.402. The topological polar surface area (TPSA) is 48.1 Å². The number of nitrogens with zero attached hydrogens (tertiary/aromatic N) is 1. The summed E-state index contributed by atoms with van der Waals surface area (Å²) >= 11 is 0. The normalized spacial score (nSPS) is 26.9. The number of pyridine rings is 1. The Morgan fingerprint density at radius 1 is 1.44 bits per heavy atom. The smallest absolute Gasteiger partial charge is 0.137 e. The predicted molar refractivity (Wildman–Crippen MR) is 73.7 cm³/mol. The van der Waals surface area contributed by atoms with Gasteiger partial charge in [-0.2, -0.15) is 0 Å². The summed E-state index contributed by atoms with van der Waals surface area (Å²) in [6, 6.07) is 2.11. The van der Waals surface area contributed by atoms with Gasteiger partial charge < -0.3 is 10.5 Å². The van der Waals surface area contributed by atoms with Crippen LogP contribution < -0.4 is 10.5 Å². The highest BCUT2D eigenvalue weighted by atomic mass is 16.5. The second-order valence-electron chi connectivity index (χ2n) is 6.17. The van der Waals surface area contributed by atoms with Crippen LogP contribution in [0.1, 0.15) is 44.6 Å². The molecule has 0 saturated heterocycles. The van der Waals surface area contributed by atoms with Crippen molar-refractivity contribution in [2.24, 2.45) is 17.1 Å². The SMILES string of the molecule is COc1cncc(C2CC(C)(C)CCC2CN)c1. The van der Waals surface area contributed by atoms with Crippen molar-refractivity contribution in [3.8, 4) is 5.75 Å². The third kappa shape index (κ3) is 2.83. The summed E-state index contributed by atoms with van der Waals surface area (Å²) in [4.78, 5) is 4.28. The lowest BCUT2D eigenvalue weighted by Gasteiger charge is -2.40. The van der Waals surface area contributed by atoms with Gasteiger partial charge in [0.2, 0.25) is 0 Å². The molecule has 18 heavy (non-hydrogen) atoms. The highest BCUT2D eigenvalue weighted by Gasteiger charge is 2.35. The molecule has 0 radical (unpaired) electrons. The Labute approximate surface area is 110 Å². The average Bonchev–Trinajstić information content (AvgIpc) is 2.38. The van der Waals surface area contributed by atoms with E-state index >= 15 is 0 Å². The standard InChI is InChI=1S/C15H24N2O/c1-15(2)5-4-11(8-16)14(7-15)12-6-13(18-3)10-17-9-12/h6,9-11,14H,4-5,7-8,16H2,1-3H3. The molecule has 100 valence electrons. The second kappa shape index (κ2) is 5.27. The zero-order valence-electron chi connectivity index (χ0n) is 11.6. The molecule has 0 bridgehead atoms. The van der Waals surface area contributed by atoms with Crippen LogP contribution in [-0.2, 0) is 0 Å². The van der Waals surface area contributed by atoms with Gasteiger partial charge in [-0.25, -0.2) is 0 Å². The van der Waals surface area contributed by atoms with Gasteiger partial charge in [-0.05, 0) is 54.7 Å². The fourth-order valence-corrected chi connectivity index (χ4v) is 3.06. The Bertz CT molecular complexity index is 403. The Morgan fingerprint density at radius 3 is 2.89 bits per heavy atom. The van der Waals surface area contributed by atoms with Gasteiger partial charge in [0.05, 0.1) is 13.3 Å². The molecule has 2 rings (SSSR count). The first-order valence-corrected chi connectivity index (χ1v) is 6.75. The summed E-state index contributed by atoms with van der Waals surface area (Å²) in [5.74, 6) is 1.93. The molecule has 0 aliphatic heterocycles. The second-order valence-corrected chi connectivity index (χ2v) is 6.17. The molecule has 0 aromatic carbocycles. The van der Waals surface area contributed by atoms with E-state index in [1.807, 2.05) is 6.20 Å². The van der Waals surface area contributed by atoms with E-state index in [0.717, 1.165) is 12.3 Å². The van der Waals surface area contributed by atoms with E-state index in [9.17, 15) is 0 Å². The minimum Gasteiger partial charge on any atom is -0.495 e. The van der Waals surface area contributed by atoms with Crippen LogP contribution in [0.15, 0.2) is 18.5 Å². The number of hydrogen-bond donors (Lipinski definition) is 1. The van der Waals surface area contributed by atoms with Crippen molar-refractivity contribution in [1.29, 1.82) is 0 Å². The molecule has 1 aromatic heterocycles. The van der Waals surface area contributed by atoms with Crippen LogP contribution in [0.5, 0.6) is 5.75 Å². The van der Waals surface area contributed by atoms with Gasteiger partial charge in [0.15, 0.2) is 0 Å². The van der Waals surface area contributed by atoms with Crippen molar-refractivity contribution >= 4 is 0 Å². The van der Waals surface area contributed by atoms with Crippen molar-refractivity contribution in [3.05, 3.63) is 24.0 Å². The number of methoxy groups -OCH3 is 1. The van der Waals surface area contributed by atoms with Crippen molar-refractivity contribution in [1.82, 2.24) is 4.98 Å². The third-order valence-electron chi connectivity index (χ3n) is 4.23. The highest BCUT2D eigenvalue weighted by molar-refractivity contribution is 5.27. The van der Waals surface area contributed by atoms with E-state index in [1.54, 1.807) is 13.3 Å². The number of aromatic nitrogens is 1. The van der Waals surface area contributed by atoms with Crippen LogP contribution in [0.3, 0.4) is 0 Å². The third-order valence-corrected chi connectivity index (χ3v) is 4.23. The first-order valence-electron chi connectivity index (χ1n) is 6.75. The first kappa shape index (κ1) is 13.3. The molecular formula is C15H24N2O. The maximum atomic E-state index is 5.94. The first-order chi connectivity index (χ1) is 8.55. The molecule has 1 heterocycles. The van der Waals surface area contributed by atoms with Crippen molar-refractivity contribution in [3.63, 3.8) is 0 Å². The fourth-order valence-electron chi connectivity index (χ4n) is 3.06. The van der Waals surface area contributed by atoms with Gasteiger partial charge in [0.1, 0.15) is 5.75 Å². The van der Waals surface area contributed by atoms with Crippen molar-refractivity contribution in [2.45, 2.75) is 39.0 Å². The quantitative estimate of drug-likeness (QED) is 0.894. The largest absolute Gasteiger partial charge is 0.495 e. The Morgan fingerprint density at radius 2 is 2.22 bits per heavy atom. The average molecular weight is 248 g/mol. The van der Waals surface area contributed by atoms with Crippen LogP contribution in [0, 0.1) is 11.3 Å². The lowest BCUT2D eigenvalue weighted by molar-refractivity contribution is 0.165. The lowest BCUT2D eigenvalue weighted by Crippen LogP contribution is -2.32. The molecule has 0 amide bonds. The summed E-state index contributed by atoms with van der Waals surface area (Å²) in [6.45, 7) is 5.46. The summed E-state index contributed by atoms with van der Waals surface area (Å²) in [5, 5.41) is 0. The Kier molecular flexibility index (Phi) is 3.91. The maximum Gasteiger partial charge on any atom is 0.137 e. The fraction of sp³-hybridized carbons (Fsp3) is 0.667. The molecule has 1 saturated carbocycles. The van der Waals surface area contributed by atoms with Crippen LogP contribution >= 0.6 is 0 Å². The monoisotopic (exact) mass is 248 g/mol. The van der Waals surface area contributed by atoms with E-state index in [2.05, 4.69) is 24.9 Å². The summed E-state index contributed by atoms with van der Waals surface area (Å²) in [6.07, 6.45) is 7.39. The summed E-state index contributed by atoms with van der Waals surface area (Å²) in [7, 11) is 1.69. The van der Waals surface area contributed by atoms with Crippen LogP contribution in [0.2, 0.25) is 0 Å². The van der Waals surface area contributed by atoms with Gasteiger partial charge in [-0.3, -0.25) is 4.98 Å². The summed E-state index contributed by atoms with van der Waals surface area (Å²) < 4.78 is 5.27. The van der Waals surface area contributed by atoms with E-state index in [0.29, 0.717) is 17.3 Å². The molecule has 1 aliphatic carbocycles. The molecular weight excluding hydrogens is 224 g/mol. The van der Waals surface area contributed by atoms with Crippen molar-refractivity contribution < 1.29 is 4.74 Å². The molecule has 2 unspecified atom stereocenters. The van der Waals surface area contributed by atoms with Crippen LogP contribution in [-0.4, -0.2) is 18.6 Å². The van der Waals surface area contributed by atoms with Crippen LogP contribution in [0.25, 0.3) is 0 Å². The van der Waals surface area contributed by atoms with Gasteiger partial charge in [-0.1, -0.05) is 13.8 Å². The molecule has 2 atom stereocenters. The van der Waals surface area contributed by atoms with Gasteiger partial charge in [-0.15, -0.1) is 0 Å². The number of rotatable bonds is 3. The Hall–Kier alpha value is -1.09. The molecule has 1 aromatic rings. The van der Waals surface area contributed by atoms with E-state index in [4.69, 9.17) is 10.5 Å². The number of ether oxygens (including phenoxy) is 1. The van der Waals surface area contributed by atoms with Gasteiger partial charge in [0, 0.05) is 6.20 Å². The molecule has 2 N–H and O–H groups in total. The molecule has 1 fully saturated rings. The Balaban J connectivity index is 2.26. The minimum atomic E-state index is 0.402. The molecule has 3 nitrogen and oxygen atoms in total. The van der Waals surface area contributed by atoms with Gasteiger partial charge >= 0.3 is 0 Å². The van der Waals surface area contributed by atoms with E-state index in [1.165, 1.54) is 24.8 Å². The lowest BCUT2D eigenvalue weighted by atomic mass is 9.65. The maximum absolute atomic E-state index is 5.94. The highest BCUT2D eigenvalue weighted by Crippen LogP contribution is 2.46. The molecule has 3 heteroatoms.